The van der Waals surface area contributed by atoms with Gasteiger partial charge < -0.3 is 10.2 Å². The van der Waals surface area contributed by atoms with Gasteiger partial charge in [0, 0.05) is 28.7 Å². The number of hydrogen-bond donors (Lipinski definition) is 2. The maximum atomic E-state index is 13.1. The molecule has 0 fully saturated rings. The Hall–Kier alpha value is -3.40. The highest BCUT2D eigenvalue weighted by Crippen LogP contribution is 2.44. The van der Waals surface area contributed by atoms with Crippen molar-refractivity contribution in [2.75, 3.05) is 0 Å². The highest BCUT2D eigenvalue weighted by molar-refractivity contribution is 6.30. The Morgan fingerprint density at radius 2 is 1.24 bits per heavy atom. The van der Waals surface area contributed by atoms with Gasteiger partial charge in [0.1, 0.15) is 11.5 Å². The summed E-state index contributed by atoms with van der Waals surface area (Å²) in [5.74, 6) is -1.22. The molecule has 29 heavy (non-hydrogen) atoms. The highest BCUT2D eigenvalue weighted by Gasteiger charge is 2.37. The molecule has 2 N–H and O–H groups in total. The van der Waals surface area contributed by atoms with Gasteiger partial charge in [0.25, 0.3) is 0 Å². The molecule has 3 aromatic carbocycles. The smallest absolute Gasteiger partial charge is 0.198 e. The summed E-state index contributed by atoms with van der Waals surface area (Å²) in [6.07, 6.45) is 2.59. The third-order valence-electron chi connectivity index (χ3n) is 5.53. The molecule has 4 rings (SSSR count). The zero-order valence-corrected chi connectivity index (χ0v) is 16.2. The molecule has 0 heterocycles. The first-order chi connectivity index (χ1) is 14.0. The standard InChI is InChI=1S/C25H22O4/c1-2-3-11-18-19(14-15-9-5-4-6-10-15)25(29)21-20(24(18)28)22(26)16-12-7-8-13-17(16)23(21)27/h4-10,12-13,28-29H,2-3,11,14H2,1H3. The predicted molar refractivity (Wildman–Crippen MR) is 111 cm³/mol. The van der Waals surface area contributed by atoms with Gasteiger partial charge in [-0.3, -0.25) is 9.59 Å². The van der Waals surface area contributed by atoms with E-state index >= 15 is 0 Å². The quantitative estimate of drug-likeness (QED) is 0.483. The molecule has 0 bridgehead atoms. The van der Waals surface area contributed by atoms with E-state index in [0.29, 0.717) is 24.0 Å². The lowest BCUT2D eigenvalue weighted by atomic mass is 9.79. The van der Waals surface area contributed by atoms with Crippen molar-refractivity contribution >= 4 is 11.6 Å². The molecule has 0 spiro atoms. The summed E-state index contributed by atoms with van der Waals surface area (Å²) in [6, 6.07) is 16.1. The Bertz CT molecular complexity index is 1110. The van der Waals surface area contributed by atoms with Crippen molar-refractivity contribution in [1.29, 1.82) is 0 Å². The van der Waals surface area contributed by atoms with Gasteiger partial charge in [-0.15, -0.1) is 0 Å². The molecule has 0 aliphatic heterocycles. The van der Waals surface area contributed by atoms with Crippen molar-refractivity contribution in [3.8, 4) is 11.5 Å². The van der Waals surface area contributed by atoms with Gasteiger partial charge in [0.2, 0.25) is 0 Å². The summed E-state index contributed by atoms with van der Waals surface area (Å²) in [7, 11) is 0. The number of carbonyl (C=O) groups is 2. The fraction of sp³-hybridized carbons (Fsp3) is 0.200. The maximum Gasteiger partial charge on any atom is 0.198 e. The average molecular weight is 386 g/mol. The Balaban J connectivity index is 1.96. The summed E-state index contributed by atoms with van der Waals surface area (Å²) in [5, 5.41) is 22.2. The second-order valence-corrected chi connectivity index (χ2v) is 7.37. The zero-order chi connectivity index (χ0) is 20.5. The summed E-state index contributed by atoms with van der Waals surface area (Å²) in [4.78, 5) is 26.2. The van der Waals surface area contributed by atoms with Crippen molar-refractivity contribution in [3.63, 3.8) is 0 Å². The van der Waals surface area contributed by atoms with E-state index in [4.69, 9.17) is 0 Å². The van der Waals surface area contributed by atoms with Crippen LogP contribution < -0.4 is 0 Å². The van der Waals surface area contributed by atoms with Crippen molar-refractivity contribution in [2.45, 2.75) is 32.6 Å². The molecule has 0 aromatic heterocycles. The largest absolute Gasteiger partial charge is 0.507 e. The van der Waals surface area contributed by atoms with Gasteiger partial charge >= 0.3 is 0 Å². The molecule has 0 atom stereocenters. The van der Waals surface area contributed by atoms with Crippen LogP contribution in [0.3, 0.4) is 0 Å². The second-order valence-electron chi connectivity index (χ2n) is 7.37. The van der Waals surface area contributed by atoms with Crippen LogP contribution in [0, 0.1) is 0 Å². The number of fused-ring (bicyclic) bond motifs is 2. The van der Waals surface area contributed by atoms with E-state index < -0.39 is 11.6 Å². The van der Waals surface area contributed by atoms with E-state index in [1.807, 2.05) is 37.3 Å². The van der Waals surface area contributed by atoms with Gasteiger partial charge in [-0.05, 0) is 18.4 Å². The first-order valence-corrected chi connectivity index (χ1v) is 9.86. The molecule has 4 heteroatoms. The molecule has 0 saturated heterocycles. The van der Waals surface area contributed by atoms with E-state index in [0.717, 1.165) is 18.4 Å². The molecule has 0 radical (unpaired) electrons. The lowest BCUT2D eigenvalue weighted by Crippen LogP contribution is -2.22. The molecule has 146 valence electrons. The summed E-state index contributed by atoms with van der Waals surface area (Å²) >= 11 is 0. The number of benzene rings is 3. The van der Waals surface area contributed by atoms with E-state index in [9.17, 15) is 19.8 Å². The van der Waals surface area contributed by atoms with Crippen LogP contribution in [0.25, 0.3) is 0 Å². The van der Waals surface area contributed by atoms with Crippen molar-refractivity contribution in [2.24, 2.45) is 0 Å². The molecule has 0 saturated carbocycles. The van der Waals surface area contributed by atoms with Gasteiger partial charge in [-0.2, -0.15) is 0 Å². The van der Waals surface area contributed by atoms with Gasteiger partial charge in [0.05, 0.1) is 11.1 Å². The van der Waals surface area contributed by atoms with Crippen LogP contribution in [0.15, 0.2) is 54.6 Å². The van der Waals surface area contributed by atoms with Crippen molar-refractivity contribution in [1.82, 2.24) is 0 Å². The number of hydrogen-bond acceptors (Lipinski definition) is 4. The lowest BCUT2D eigenvalue weighted by molar-refractivity contribution is 0.0974. The minimum atomic E-state index is -0.431. The third kappa shape index (κ3) is 3.11. The number of ketones is 2. The normalized spacial score (nSPS) is 12.6. The molecule has 1 aliphatic carbocycles. The number of unbranched alkanes of at least 4 members (excludes halogenated alkanes) is 1. The fourth-order valence-electron chi connectivity index (χ4n) is 4.03. The van der Waals surface area contributed by atoms with E-state index in [2.05, 4.69) is 0 Å². The van der Waals surface area contributed by atoms with Crippen molar-refractivity contribution in [3.05, 3.63) is 93.5 Å². The van der Waals surface area contributed by atoms with Crippen LogP contribution in [-0.4, -0.2) is 21.8 Å². The number of phenols is 2. The van der Waals surface area contributed by atoms with Crippen LogP contribution in [0.4, 0.5) is 0 Å². The molecular weight excluding hydrogens is 364 g/mol. The molecule has 0 unspecified atom stereocenters. The van der Waals surface area contributed by atoms with E-state index in [1.54, 1.807) is 24.3 Å². The van der Waals surface area contributed by atoms with Crippen LogP contribution in [-0.2, 0) is 12.8 Å². The number of aromatic hydroxyl groups is 2. The topological polar surface area (TPSA) is 74.6 Å². The Morgan fingerprint density at radius 3 is 1.79 bits per heavy atom. The molecule has 0 amide bonds. The Kier molecular flexibility index (Phi) is 4.93. The van der Waals surface area contributed by atoms with Crippen LogP contribution in [0.2, 0.25) is 0 Å². The number of phenolic OH excluding ortho intramolecular Hbond substituents is 2. The molecule has 4 nitrogen and oxygen atoms in total. The van der Waals surface area contributed by atoms with E-state index in [1.165, 1.54) is 0 Å². The first-order valence-electron chi connectivity index (χ1n) is 9.86. The van der Waals surface area contributed by atoms with E-state index in [-0.39, 0.29) is 33.8 Å². The third-order valence-corrected chi connectivity index (χ3v) is 5.53. The van der Waals surface area contributed by atoms with Crippen LogP contribution in [0.1, 0.15) is 68.3 Å². The van der Waals surface area contributed by atoms with Crippen LogP contribution in [0.5, 0.6) is 11.5 Å². The monoisotopic (exact) mass is 386 g/mol. The van der Waals surface area contributed by atoms with Crippen LogP contribution >= 0.6 is 0 Å². The van der Waals surface area contributed by atoms with Gasteiger partial charge in [-0.25, -0.2) is 0 Å². The minimum Gasteiger partial charge on any atom is -0.507 e. The lowest BCUT2D eigenvalue weighted by Gasteiger charge is -2.24. The summed E-state index contributed by atoms with van der Waals surface area (Å²) in [5.41, 5.74) is 2.37. The summed E-state index contributed by atoms with van der Waals surface area (Å²) < 4.78 is 0. The zero-order valence-electron chi connectivity index (χ0n) is 16.2. The number of carbonyl (C=O) groups excluding carboxylic acids is 2. The Morgan fingerprint density at radius 1 is 0.724 bits per heavy atom. The van der Waals surface area contributed by atoms with Gasteiger partial charge in [0.15, 0.2) is 11.6 Å². The molecule has 3 aromatic rings. The number of rotatable bonds is 5. The predicted octanol–water partition coefficient (Wildman–Crippen LogP) is 4.81. The highest BCUT2D eigenvalue weighted by atomic mass is 16.3. The SMILES string of the molecule is CCCCc1c(O)c2c(c(O)c1Cc1ccccc1)C(=O)c1ccccc1C2=O. The van der Waals surface area contributed by atoms with Crippen molar-refractivity contribution < 1.29 is 19.8 Å². The minimum absolute atomic E-state index is 0.0749. The van der Waals surface area contributed by atoms with Gasteiger partial charge in [-0.1, -0.05) is 67.9 Å². The average Bonchev–Trinajstić information content (AvgIpc) is 2.75. The molecule has 1 aliphatic rings. The fourth-order valence-corrected chi connectivity index (χ4v) is 4.03. The molecular formula is C25H22O4. The maximum absolute atomic E-state index is 13.1. The Labute approximate surface area is 169 Å². The summed E-state index contributed by atoms with van der Waals surface area (Å²) in [6.45, 7) is 2.04. The first kappa shape index (κ1) is 18.9. The second kappa shape index (κ2) is 7.55.